The summed E-state index contributed by atoms with van der Waals surface area (Å²) in [7, 11) is 1.75. The number of aromatic nitrogens is 4. The van der Waals surface area contributed by atoms with E-state index in [-0.39, 0.29) is 23.6 Å². The second-order valence-electron chi connectivity index (χ2n) is 8.75. The normalized spacial score (nSPS) is 18.6. The van der Waals surface area contributed by atoms with Crippen molar-refractivity contribution in [2.45, 2.75) is 52.6 Å². The van der Waals surface area contributed by atoms with Gasteiger partial charge in [0, 0.05) is 37.8 Å². The van der Waals surface area contributed by atoms with Crippen molar-refractivity contribution >= 4 is 16.9 Å². The van der Waals surface area contributed by atoms with Gasteiger partial charge in [-0.1, -0.05) is 13.3 Å². The highest BCUT2D eigenvalue weighted by Crippen LogP contribution is 2.30. The van der Waals surface area contributed by atoms with Gasteiger partial charge >= 0.3 is 0 Å². The van der Waals surface area contributed by atoms with Gasteiger partial charge in [0.25, 0.3) is 11.5 Å². The van der Waals surface area contributed by atoms with Crippen molar-refractivity contribution < 1.29 is 9.53 Å². The number of aromatic amines is 1. The molecule has 176 valence electrons. The van der Waals surface area contributed by atoms with Crippen LogP contribution < -0.4 is 15.6 Å². The summed E-state index contributed by atoms with van der Waals surface area (Å²) < 4.78 is 7.40. The fourth-order valence-corrected chi connectivity index (χ4v) is 4.58. The van der Waals surface area contributed by atoms with E-state index in [1.165, 1.54) is 0 Å². The maximum atomic E-state index is 13.3. The van der Waals surface area contributed by atoms with Gasteiger partial charge in [-0.2, -0.15) is 5.10 Å². The van der Waals surface area contributed by atoms with Crippen molar-refractivity contribution in [3.63, 3.8) is 0 Å². The Morgan fingerprint density at radius 1 is 1.21 bits per heavy atom. The molecule has 2 aromatic heterocycles. The first-order chi connectivity index (χ1) is 15.8. The van der Waals surface area contributed by atoms with Crippen LogP contribution in [0.3, 0.4) is 0 Å². The summed E-state index contributed by atoms with van der Waals surface area (Å²) in [6.45, 7) is 9.84. The number of ether oxygens (including phenoxy) is 1. The van der Waals surface area contributed by atoms with Crippen LogP contribution in [0.1, 0.15) is 50.2 Å². The first-order valence-corrected chi connectivity index (χ1v) is 11.6. The van der Waals surface area contributed by atoms with Crippen LogP contribution in [-0.2, 0) is 13.5 Å². The molecule has 1 fully saturated rings. The Hall–Kier alpha value is -3.20. The summed E-state index contributed by atoms with van der Waals surface area (Å²) in [6, 6.07) is 5.77. The number of hydrogen-bond donors (Lipinski definition) is 2. The lowest BCUT2D eigenvalue weighted by Crippen LogP contribution is -2.55. The number of benzene rings is 1. The fraction of sp³-hybridized carbons (Fsp3) is 0.500. The maximum Gasteiger partial charge on any atom is 0.277 e. The Morgan fingerprint density at radius 3 is 2.61 bits per heavy atom. The molecule has 1 amide bonds. The van der Waals surface area contributed by atoms with Crippen LogP contribution in [0.5, 0.6) is 5.75 Å². The lowest BCUT2D eigenvalue weighted by atomic mass is 10.1. The highest BCUT2D eigenvalue weighted by atomic mass is 16.5. The molecule has 0 bridgehead atoms. The Kier molecular flexibility index (Phi) is 6.51. The molecule has 1 aromatic carbocycles. The zero-order valence-corrected chi connectivity index (χ0v) is 19.9. The number of nitrogens with zero attached hydrogens (tertiary/aromatic N) is 4. The second kappa shape index (κ2) is 9.35. The number of carbonyl (C=O) groups is 1. The van der Waals surface area contributed by atoms with Crippen molar-refractivity contribution in [1.29, 1.82) is 0 Å². The third-order valence-electron chi connectivity index (χ3n) is 5.88. The topological polar surface area (TPSA) is 105 Å². The van der Waals surface area contributed by atoms with E-state index in [2.05, 4.69) is 36.2 Å². The standard InChI is InChI=1S/C24H32N6O3/c1-6-8-18-20-21(29(5)28-18)23(31)27-22(26-20)17-11-16(9-10-19(17)33-7-2)24(32)30-12-14(3)25-15(4)13-30/h9-11,14-15,25H,6-8,12-13H2,1-5H3,(H,26,27,31)/t14-,15+. The smallest absolute Gasteiger partial charge is 0.277 e. The number of carbonyl (C=O) groups excluding carboxylic acids is 1. The first kappa shape index (κ1) is 23.0. The molecular formula is C24H32N6O3. The Bertz CT molecular complexity index is 1220. The van der Waals surface area contributed by atoms with E-state index in [1.807, 2.05) is 11.8 Å². The van der Waals surface area contributed by atoms with Crippen molar-refractivity contribution in [3.8, 4) is 17.1 Å². The molecule has 0 spiro atoms. The van der Waals surface area contributed by atoms with Crippen LogP contribution in [0.4, 0.5) is 0 Å². The molecule has 1 aliphatic heterocycles. The Morgan fingerprint density at radius 2 is 1.94 bits per heavy atom. The number of piperazine rings is 1. The van der Waals surface area contributed by atoms with Gasteiger partial charge in [-0.25, -0.2) is 4.98 Å². The van der Waals surface area contributed by atoms with Crippen molar-refractivity contribution in [2.24, 2.45) is 7.05 Å². The highest BCUT2D eigenvalue weighted by Gasteiger charge is 2.26. The molecule has 0 radical (unpaired) electrons. The summed E-state index contributed by atoms with van der Waals surface area (Å²) in [5.41, 5.74) is 2.67. The highest BCUT2D eigenvalue weighted by molar-refractivity contribution is 5.96. The summed E-state index contributed by atoms with van der Waals surface area (Å²) in [5.74, 6) is 0.897. The van der Waals surface area contributed by atoms with Gasteiger partial charge in [0.15, 0.2) is 5.52 Å². The number of aryl methyl sites for hydroxylation is 2. The minimum Gasteiger partial charge on any atom is -0.493 e. The monoisotopic (exact) mass is 452 g/mol. The molecule has 0 unspecified atom stereocenters. The lowest BCUT2D eigenvalue weighted by molar-refractivity contribution is 0.0674. The third kappa shape index (κ3) is 4.50. The molecule has 3 aromatic rings. The molecular weight excluding hydrogens is 420 g/mol. The summed E-state index contributed by atoms with van der Waals surface area (Å²) >= 11 is 0. The molecule has 3 heterocycles. The molecule has 9 heteroatoms. The molecule has 33 heavy (non-hydrogen) atoms. The summed E-state index contributed by atoms with van der Waals surface area (Å²) in [5, 5.41) is 7.94. The van der Waals surface area contributed by atoms with E-state index in [1.54, 1.807) is 29.9 Å². The van der Waals surface area contributed by atoms with E-state index in [9.17, 15) is 9.59 Å². The number of H-pyrrole nitrogens is 1. The van der Waals surface area contributed by atoms with Crippen molar-refractivity contribution in [1.82, 2.24) is 30.0 Å². The van der Waals surface area contributed by atoms with Gasteiger partial charge in [0.05, 0.1) is 17.9 Å². The third-order valence-corrected chi connectivity index (χ3v) is 5.88. The SMILES string of the molecule is CCCc1nn(C)c2c(=O)[nH]c(-c3cc(C(=O)N4C[C@@H](C)N[C@@H](C)C4)ccc3OCC)nc12. The van der Waals surface area contributed by atoms with E-state index >= 15 is 0 Å². The summed E-state index contributed by atoms with van der Waals surface area (Å²) in [4.78, 5) is 35.8. The number of fused-ring (bicyclic) bond motifs is 1. The average molecular weight is 453 g/mol. The molecule has 2 atom stereocenters. The van der Waals surface area contributed by atoms with Gasteiger partial charge in [-0.05, 0) is 45.4 Å². The molecule has 1 saturated heterocycles. The van der Waals surface area contributed by atoms with Crippen LogP contribution in [0.15, 0.2) is 23.0 Å². The average Bonchev–Trinajstić information content (AvgIpc) is 3.09. The van der Waals surface area contributed by atoms with E-state index in [0.29, 0.717) is 53.4 Å². The van der Waals surface area contributed by atoms with Crippen LogP contribution in [-0.4, -0.2) is 62.3 Å². The minimum atomic E-state index is -0.267. The predicted octanol–water partition coefficient (Wildman–Crippen LogP) is 2.50. The molecule has 1 aliphatic rings. The van der Waals surface area contributed by atoms with E-state index in [4.69, 9.17) is 9.72 Å². The number of nitrogens with one attached hydrogen (secondary N) is 2. The number of hydrogen-bond acceptors (Lipinski definition) is 6. The van der Waals surface area contributed by atoms with Crippen molar-refractivity contribution in [3.05, 3.63) is 39.8 Å². The van der Waals surface area contributed by atoms with Gasteiger partial charge in [-0.15, -0.1) is 0 Å². The first-order valence-electron chi connectivity index (χ1n) is 11.6. The molecule has 2 N–H and O–H groups in total. The van der Waals surface area contributed by atoms with E-state index in [0.717, 1.165) is 18.5 Å². The minimum absolute atomic E-state index is 0.0454. The number of rotatable bonds is 6. The van der Waals surface area contributed by atoms with Crippen LogP contribution in [0, 0.1) is 0 Å². The molecule has 9 nitrogen and oxygen atoms in total. The van der Waals surface area contributed by atoms with E-state index < -0.39 is 0 Å². The maximum absolute atomic E-state index is 13.3. The Labute approximate surface area is 193 Å². The number of amides is 1. The van der Waals surface area contributed by atoms with Gasteiger partial charge in [0.2, 0.25) is 0 Å². The van der Waals surface area contributed by atoms with Crippen LogP contribution >= 0.6 is 0 Å². The van der Waals surface area contributed by atoms with Gasteiger partial charge in [-0.3, -0.25) is 14.3 Å². The van der Waals surface area contributed by atoms with Crippen molar-refractivity contribution in [2.75, 3.05) is 19.7 Å². The molecule has 0 saturated carbocycles. The zero-order valence-electron chi connectivity index (χ0n) is 19.9. The molecule has 0 aliphatic carbocycles. The quantitative estimate of drug-likeness (QED) is 0.595. The zero-order chi connectivity index (χ0) is 23.7. The van der Waals surface area contributed by atoms with Crippen LogP contribution in [0.25, 0.3) is 22.4 Å². The largest absolute Gasteiger partial charge is 0.493 e. The van der Waals surface area contributed by atoms with Gasteiger partial charge < -0.3 is 19.9 Å². The second-order valence-corrected chi connectivity index (χ2v) is 8.75. The lowest BCUT2D eigenvalue weighted by Gasteiger charge is -2.36. The Balaban J connectivity index is 1.81. The fourth-order valence-electron chi connectivity index (χ4n) is 4.58. The summed E-state index contributed by atoms with van der Waals surface area (Å²) in [6.07, 6.45) is 1.62. The van der Waals surface area contributed by atoms with Crippen LogP contribution in [0.2, 0.25) is 0 Å². The molecule has 4 rings (SSSR count). The van der Waals surface area contributed by atoms with Gasteiger partial charge in [0.1, 0.15) is 17.1 Å². The predicted molar refractivity (Wildman–Crippen MR) is 128 cm³/mol.